The number of ketones is 1. The number of nitrogens with zero attached hydrogens (tertiary/aromatic N) is 1. The molecule has 1 aliphatic heterocycles. The minimum Gasteiger partial charge on any atom is -0.479 e. The second kappa shape index (κ2) is 7.25. The van der Waals surface area contributed by atoms with Crippen molar-refractivity contribution in [2.45, 2.75) is 12.2 Å². The molecule has 0 aliphatic carbocycles. The van der Waals surface area contributed by atoms with Crippen LogP contribution in [0.1, 0.15) is 0 Å². The number of hydrogen-bond donors (Lipinski definition) is 4. The van der Waals surface area contributed by atoms with Crippen LogP contribution >= 0.6 is 0 Å². The zero-order chi connectivity index (χ0) is 13.4. The van der Waals surface area contributed by atoms with Crippen molar-refractivity contribution in [1.82, 2.24) is 0 Å². The number of rotatable bonds is 3. The molecule has 0 saturated heterocycles. The number of carboxylic acids is 2. The molecule has 0 amide bonds. The van der Waals surface area contributed by atoms with E-state index < -0.39 is 24.1 Å². The molecule has 2 atom stereocenters. The lowest BCUT2D eigenvalue weighted by Gasteiger charge is -2.07. The van der Waals surface area contributed by atoms with Gasteiger partial charge >= 0.3 is 11.9 Å². The normalized spacial score (nSPS) is 16.7. The molecule has 0 aromatic carbocycles. The lowest BCUT2D eigenvalue weighted by molar-refractivity contribution is -0.165. The van der Waals surface area contributed by atoms with Crippen molar-refractivity contribution in [3.05, 3.63) is 12.2 Å². The van der Waals surface area contributed by atoms with Crippen molar-refractivity contribution >= 4 is 23.9 Å². The van der Waals surface area contributed by atoms with E-state index in [1.165, 1.54) is 6.08 Å². The van der Waals surface area contributed by atoms with E-state index in [2.05, 4.69) is 4.99 Å². The molecule has 0 fully saturated rings. The summed E-state index contributed by atoms with van der Waals surface area (Å²) in [7, 11) is 0. The average Bonchev–Trinajstić information content (AvgIpc) is 2.28. The lowest BCUT2D eigenvalue weighted by atomic mass is 10.2. The maximum absolute atomic E-state index is 10.3. The fourth-order valence-corrected chi connectivity index (χ4v) is 0.677. The average molecular weight is 245 g/mol. The van der Waals surface area contributed by atoms with Crippen LogP contribution in [0.25, 0.3) is 0 Å². The van der Waals surface area contributed by atoms with Gasteiger partial charge in [-0.05, 0) is 12.2 Å². The lowest BCUT2D eigenvalue weighted by Crippen LogP contribution is -2.39. The molecule has 94 valence electrons. The Hall–Kier alpha value is -2.06. The van der Waals surface area contributed by atoms with Gasteiger partial charge in [0, 0.05) is 6.21 Å². The minimum absolute atomic E-state index is 0.0856. The Labute approximate surface area is 95.5 Å². The molecule has 0 aromatic heterocycles. The highest BCUT2D eigenvalue weighted by atomic mass is 16.4. The first-order chi connectivity index (χ1) is 7.86. The van der Waals surface area contributed by atoms with Crippen LogP contribution in [-0.2, 0) is 14.4 Å². The van der Waals surface area contributed by atoms with Gasteiger partial charge in [0.1, 0.15) is 6.54 Å². The van der Waals surface area contributed by atoms with Gasteiger partial charge in [-0.2, -0.15) is 0 Å². The molecule has 0 unspecified atom stereocenters. The SMILES string of the molecule is O=C(O)[C@H](O)[C@@H](O)C(=O)O.O=C1C=CC=NC1. The summed E-state index contributed by atoms with van der Waals surface area (Å²) in [4.78, 5) is 33.5. The molecule has 8 heteroatoms. The molecule has 8 nitrogen and oxygen atoms in total. The fraction of sp³-hybridized carbons (Fsp3) is 0.333. The van der Waals surface area contributed by atoms with E-state index in [9.17, 15) is 14.4 Å². The smallest absolute Gasteiger partial charge is 0.335 e. The van der Waals surface area contributed by atoms with Gasteiger partial charge in [-0.15, -0.1) is 0 Å². The Bertz CT molecular complexity index is 342. The first-order valence-corrected chi connectivity index (χ1v) is 4.37. The number of aliphatic imine (C=N–C) groups is 1. The van der Waals surface area contributed by atoms with Crippen LogP contribution in [-0.4, -0.2) is 63.1 Å². The van der Waals surface area contributed by atoms with Crippen LogP contribution in [0, 0.1) is 0 Å². The van der Waals surface area contributed by atoms with Crippen molar-refractivity contribution in [2.24, 2.45) is 4.99 Å². The van der Waals surface area contributed by atoms with E-state index in [1.54, 1.807) is 12.3 Å². The van der Waals surface area contributed by atoms with Gasteiger partial charge in [0.15, 0.2) is 18.0 Å². The quantitative estimate of drug-likeness (QED) is 0.453. The Balaban J connectivity index is 0.000000318. The third-order valence-corrected chi connectivity index (χ3v) is 1.53. The molecule has 0 spiro atoms. The monoisotopic (exact) mass is 245 g/mol. The largest absolute Gasteiger partial charge is 0.479 e. The highest BCUT2D eigenvalue weighted by molar-refractivity contribution is 5.98. The van der Waals surface area contributed by atoms with Gasteiger partial charge < -0.3 is 20.4 Å². The second-order valence-electron chi connectivity index (χ2n) is 2.88. The standard InChI is InChI=1S/C5H5NO.C4H6O6/c7-5-2-1-3-6-4-5;5-1(3(7)8)2(6)4(9)10/h1-3H,4H2;1-2,5-6H,(H,7,8)(H,9,10)/t;1-,2-/m.1/s1. The summed E-state index contributed by atoms with van der Waals surface area (Å²) in [5.74, 6) is -3.45. The summed E-state index contributed by atoms with van der Waals surface area (Å²) in [6.45, 7) is 0.330. The molecule has 1 aliphatic rings. The van der Waals surface area contributed by atoms with Crippen molar-refractivity contribution in [3.8, 4) is 0 Å². The number of allylic oxidation sites excluding steroid dienone is 1. The van der Waals surface area contributed by atoms with Crippen molar-refractivity contribution in [3.63, 3.8) is 0 Å². The second-order valence-corrected chi connectivity index (χ2v) is 2.88. The van der Waals surface area contributed by atoms with E-state index in [4.69, 9.17) is 20.4 Å². The number of dihydropyridines is 1. The van der Waals surface area contributed by atoms with Gasteiger partial charge in [0.05, 0.1) is 0 Å². The van der Waals surface area contributed by atoms with Gasteiger partial charge in [-0.1, -0.05) is 0 Å². The van der Waals surface area contributed by atoms with Crippen LogP contribution in [0.4, 0.5) is 0 Å². The van der Waals surface area contributed by atoms with E-state index in [0.717, 1.165) is 0 Å². The number of carboxylic acid groups (broad SMARTS) is 2. The zero-order valence-electron chi connectivity index (χ0n) is 8.55. The predicted molar refractivity (Wildman–Crippen MR) is 54.8 cm³/mol. The van der Waals surface area contributed by atoms with Crippen LogP contribution < -0.4 is 0 Å². The van der Waals surface area contributed by atoms with Crippen LogP contribution in [0.2, 0.25) is 0 Å². The van der Waals surface area contributed by atoms with Gasteiger partial charge in [0.2, 0.25) is 0 Å². The van der Waals surface area contributed by atoms with E-state index in [0.29, 0.717) is 6.54 Å². The molecule has 0 aromatic rings. The molecule has 0 radical (unpaired) electrons. The Morgan fingerprint density at radius 2 is 1.65 bits per heavy atom. The number of aliphatic hydroxyl groups is 2. The molecular weight excluding hydrogens is 234 g/mol. The Morgan fingerprint density at radius 3 is 1.82 bits per heavy atom. The Morgan fingerprint density at radius 1 is 1.18 bits per heavy atom. The molecular formula is C9H11NO7. The number of carbonyl (C=O) groups is 3. The van der Waals surface area contributed by atoms with Crippen molar-refractivity contribution in [1.29, 1.82) is 0 Å². The third kappa shape index (κ3) is 6.17. The van der Waals surface area contributed by atoms with E-state index in [-0.39, 0.29) is 5.78 Å². The minimum atomic E-state index is -2.27. The fourth-order valence-electron chi connectivity index (χ4n) is 0.677. The highest BCUT2D eigenvalue weighted by Gasteiger charge is 2.29. The van der Waals surface area contributed by atoms with Gasteiger partial charge in [-0.3, -0.25) is 9.79 Å². The van der Waals surface area contributed by atoms with E-state index >= 15 is 0 Å². The summed E-state index contributed by atoms with van der Waals surface area (Å²) in [5, 5.41) is 32.5. The molecule has 1 heterocycles. The molecule has 0 bridgehead atoms. The summed E-state index contributed by atoms with van der Waals surface area (Å²) in [6, 6.07) is 0. The first-order valence-electron chi connectivity index (χ1n) is 4.37. The Kier molecular flexibility index (Phi) is 6.37. The highest BCUT2D eigenvalue weighted by Crippen LogP contribution is 1.92. The summed E-state index contributed by atoms with van der Waals surface area (Å²) >= 11 is 0. The predicted octanol–water partition coefficient (Wildman–Crippen LogP) is -1.93. The van der Waals surface area contributed by atoms with Gasteiger partial charge in [-0.25, -0.2) is 9.59 Å². The summed E-state index contributed by atoms with van der Waals surface area (Å²) < 4.78 is 0. The first kappa shape index (κ1) is 14.9. The number of aliphatic hydroxyl groups excluding tert-OH is 2. The summed E-state index contributed by atoms with van der Waals surface area (Å²) in [6.07, 6.45) is 0.259. The van der Waals surface area contributed by atoms with Crippen LogP contribution in [0.15, 0.2) is 17.1 Å². The maximum Gasteiger partial charge on any atom is 0.335 e. The van der Waals surface area contributed by atoms with Crippen molar-refractivity contribution in [2.75, 3.05) is 6.54 Å². The number of aliphatic carboxylic acids is 2. The molecule has 1 rings (SSSR count). The molecule has 0 saturated carbocycles. The van der Waals surface area contributed by atoms with Crippen molar-refractivity contribution < 1.29 is 34.8 Å². The van der Waals surface area contributed by atoms with Gasteiger partial charge in [0.25, 0.3) is 0 Å². The van der Waals surface area contributed by atoms with Crippen LogP contribution in [0.5, 0.6) is 0 Å². The van der Waals surface area contributed by atoms with E-state index in [1.807, 2.05) is 0 Å². The molecule has 17 heavy (non-hydrogen) atoms. The zero-order valence-corrected chi connectivity index (χ0v) is 8.55. The summed E-state index contributed by atoms with van der Waals surface area (Å²) in [5.41, 5.74) is 0. The number of carbonyl (C=O) groups excluding carboxylic acids is 1. The third-order valence-electron chi connectivity index (χ3n) is 1.53. The molecule has 4 N–H and O–H groups in total. The maximum atomic E-state index is 10.3. The number of hydrogen-bond acceptors (Lipinski definition) is 6. The van der Waals surface area contributed by atoms with Crippen LogP contribution in [0.3, 0.4) is 0 Å². The topological polar surface area (TPSA) is 144 Å².